The molecule has 0 aliphatic heterocycles. The van der Waals surface area contributed by atoms with Gasteiger partial charge in [0.25, 0.3) is 0 Å². The molecule has 0 fully saturated rings. The van der Waals surface area contributed by atoms with E-state index >= 15 is 0 Å². The van der Waals surface area contributed by atoms with E-state index < -0.39 is 20.6 Å². The number of nitrogens with one attached hydrogen (secondary N) is 1. The molecule has 10 heteroatoms. The van der Waals surface area contributed by atoms with E-state index in [0.29, 0.717) is 11.3 Å². The van der Waals surface area contributed by atoms with Gasteiger partial charge >= 0.3 is 5.69 Å². The summed E-state index contributed by atoms with van der Waals surface area (Å²) in [5, 5.41) is 14.0. The van der Waals surface area contributed by atoms with Gasteiger partial charge in [0.15, 0.2) is 14.8 Å². The topological polar surface area (TPSA) is 92.6 Å². The largest absolute Gasteiger partial charge is 0.375 e. The fourth-order valence-corrected chi connectivity index (χ4v) is 3.95. The molecule has 24 heavy (non-hydrogen) atoms. The van der Waals surface area contributed by atoms with Gasteiger partial charge in [-0.3, -0.25) is 10.1 Å². The van der Waals surface area contributed by atoms with Crippen molar-refractivity contribution in [1.29, 1.82) is 0 Å². The van der Waals surface area contributed by atoms with Crippen LogP contribution in [0, 0.1) is 15.9 Å². The number of thiophene rings is 1. The van der Waals surface area contributed by atoms with Crippen molar-refractivity contribution >= 4 is 37.5 Å². The minimum atomic E-state index is -3.53. The van der Waals surface area contributed by atoms with Crippen molar-refractivity contribution in [3.05, 3.63) is 45.8 Å². The zero-order valence-corrected chi connectivity index (χ0v) is 14.9. The van der Waals surface area contributed by atoms with Gasteiger partial charge in [0, 0.05) is 33.0 Å². The molecule has 0 aliphatic carbocycles. The van der Waals surface area contributed by atoms with E-state index in [2.05, 4.69) is 5.32 Å². The summed E-state index contributed by atoms with van der Waals surface area (Å²) in [6, 6.07) is 5.66. The van der Waals surface area contributed by atoms with E-state index in [0.717, 1.165) is 23.7 Å². The van der Waals surface area contributed by atoms with Crippen molar-refractivity contribution in [2.24, 2.45) is 0 Å². The molecule has 1 aromatic heterocycles. The van der Waals surface area contributed by atoms with Gasteiger partial charge in [-0.25, -0.2) is 12.8 Å². The van der Waals surface area contributed by atoms with Crippen LogP contribution in [0.4, 0.5) is 20.8 Å². The molecule has 0 radical (unpaired) electrons. The van der Waals surface area contributed by atoms with E-state index in [1.807, 2.05) is 0 Å². The predicted octanol–water partition coefficient (Wildman–Crippen LogP) is 2.88. The van der Waals surface area contributed by atoms with Gasteiger partial charge in [-0.05, 0) is 17.7 Å². The first-order valence-corrected chi connectivity index (χ1v) is 9.48. The molecule has 0 saturated carbocycles. The van der Waals surface area contributed by atoms with Gasteiger partial charge in [-0.1, -0.05) is 17.4 Å². The lowest BCUT2D eigenvalue weighted by Crippen LogP contribution is -2.11. The molecule has 0 amide bonds. The zero-order chi connectivity index (χ0) is 18.1. The Bertz CT molecular complexity index is 878. The smallest absolute Gasteiger partial charge is 0.304 e. The Hall–Kier alpha value is -2.20. The van der Waals surface area contributed by atoms with Crippen molar-refractivity contribution < 1.29 is 17.7 Å². The van der Waals surface area contributed by atoms with Crippen molar-refractivity contribution in [2.45, 2.75) is 10.8 Å². The van der Waals surface area contributed by atoms with Crippen LogP contribution in [0.2, 0.25) is 0 Å². The Morgan fingerprint density at radius 3 is 2.50 bits per heavy atom. The highest BCUT2D eigenvalue weighted by Gasteiger charge is 2.23. The highest BCUT2D eigenvalue weighted by atomic mass is 32.2. The molecule has 0 unspecified atom stereocenters. The maximum atomic E-state index is 13.9. The average molecular weight is 373 g/mol. The van der Waals surface area contributed by atoms with Crippen LogP contribution in [0.3, 0.4) is 0 Å². The molecular weight excluding hydrogens is 357 g/mol. The second kappa shape index (κ2) is 6.73. The Kier molecular flexibility index (Phi) is 5.09. The number of benzene rings is 1. The highest BCUT2D eigenvalue weighted by molar-refractivity contribution is 7.92. The first-order chi connectivity index (χ1) is 11.1. The third-order valence-corrected chi connectivity index (χ3v) is 6.08. The quantitative estimate of drug-likeness (QED) is 0.618. The molecule has 0 aliphatic rings. The normalized spacial score (nSPS) is 11.3. The minimum absolute atomic E-state index is 0.0918. The van der Waals surface area contributed by atoms with Crippen LogP contribution in [-0.4, -0.2) is 33.7 Å². The molecule has 1 N–H and O–H groups in total. The average Bonchev–Trinajstić information content (AvgIpc) is 2.89. The van der Waals surface area contributed by atoms with Gasteiger partial charge in [-0.2, -0.15) is 0 Å². The maximum absolute atomic E-state index is 13.9. The van der Waals surface area contributed by atoms with E-state index in [1.54, 1.807) is 31.1 Å². The first-order valence-electron chi connectivity index (χ1n) is 6.77. The lowest BCUT2D eigenvalue weighted by atomic mass is 10.2. The first kappa shape index (κ1) is 18.1. The number of rotatable bonds is 6. The summed E-state index contributed by atoms with van der Waals surface area (Å²) in [6.07, 6.45) is 0.988. The number of anilines is 2. The molecule has 1 heterocycles. The van der Waals surface area contributed by atoms with Crippen LogP contribution in [0.5, 0.6) is 0 Å². The fourth-order valence-electron chi connectivity index (χ4n) is 2.01. The summed E-state index contributed by atoms with van der Waals surface area (Å²) in [7, 11) is -0.0937. The van der Waals surface area contributed by atoms with Crippen LogP contribution < -0.4 is 10.2 Å². The van der Waals surface area contributed by atoms with E-state index in [9.17, 15) is 22.9 Å². The minimum Gasteiger partial charge on any atom is -0.375 e. The number of hydrogen-bond acceptors (Lipinski definition) is 7. The second-order valence-corrected chi connectivity index (χ2v) is 8.64. The SMILES string of the molecule is CN(C)c1ccc(CNc2sc(S(C)(=O)=O)cc2[N+](=O)[O-])cc1F. The highest BCUT2D eigenvalue weighted by Crippen LogP contribution is 2.37. The van der Waals surface area contributed by atoms with E-state index in [-0.39, 0.29) is 21.4 Å². The van der Waals surface area contributed by atoms with E-state index in [1.165, 1.54) is 6.07 Å². The van der Waals surface area contributed by atoms with Gasteiger partial charge in [0.2, 0.25) is 0 Å². The van der Waals surface area contributed by atoms with Crippen molar-refractivity contribution in [3.8, 4) is 0 Å². The van der Waals surface area contributed by atoms with Crippen LogP contribution in [0.15, 0.2) is 28.5 Å². The molecule has 7 nitrogen and oxygen atoms in total. The summed E-state index contributed by atoms with van der Waals surface area (Å²) in [5.41, 5.74) is 0.702. The summed E-state index contributed by atoms with van der Waals surface area (Å²) < 4.78 is 36.9. The van der Waals surface area contributed by atoms with Crippen LogP contribution in [-0.2, 0) is 16.4 Å². The number of nitro groups is 1. The molecule has 0 spiro atoms. The Morgan fingerprint density at radius 2 is 2.00 bits per heavy atom. The van der Waals surface area contributed by atoms with Gasteiger partial charge in [0.05, 0.1) is 10.6 Å². The van der Waals surface area contributed by atoms with E-state index in [4.69, 9.17) is 0 Å². The van der Waals surface area contributed by atoms with Crippen molar-refractivity contribution in [3.63, 3.8) is 0 Å². The van der Waals surface area contributed by atoms with Gasteiger partial charge < -0.3 is 10.2 Å². The molecular formula is C14H16FN3O4S2. The van der Waals surface area contributed by atoms with Crippen molar-refractivity contribution in [1.82, 2.24) is 0 Å². The molecule has 130 valence electrons. The van der Waals surface area contributed by atoms with Crippen LogP contribution in [0.1, 0.15) is 5.56 Å². The molecule has 0 bridgehead atoms. The van der Waals surface area contributed by atoms with Crippen molar-refractivity contribution in [2.75, 3.05) is 30.6 Å². The summed E-state index contributed by atoms with van der Waals surface area (Å²) >= 11 is 0.784. The summed E-state index contributed by atoms with van der Waals surface area (Å²) in [4.78, 5) is 12.0. The number of hydrogen-bond donors (Lipinski definition) is 1. The second-order valence-electron chi connectivity index (χ2n) is 5.34. The summed E-state index contributed by atoms with van der Waals surface area (Å²) in [5.74, 6) is -0.406. The maximum Gasteiger partial charge on any atom is 0.304 e. The Balaban J connectivity index is 2.24. The number of halogens is 1. The number of nitrogens with zero attached hydrogens (tertiary/aromatic N) is 2. The Labute approximate surface area is 142 Å². The predicted molar refractivity (Wildman–Crippen MR) is 92.1 cm³/mol. The molecule has 1 aromatic carbocycles. The summed E-state index contributed by atoms with van der Waals surface area (Å²) in [6.45, 7) is 0.134. The molecule has 0 atom stereocenters. The van der Waals surface area contributed by atoms with Crippen LogP contribution >= 0.6 is 11.3 Å². The molecule has 2 aromatic rings. The van der Waals surface area contributed by atoms with Crippen LogP contribution in [0.25, 0.3) is 0 Å². The lowest BCUT2D eigenvalue weighted by Gasteiger charge is -2.14. The fraction of sp³-hybridized carbons (Fsp3) is 0.286. The Morgan fingerprint density at radius 1 is 1.33 bits per heavy atom. The standard InChI is InChI=1S/C14H16FN3O4S2/c1-17(2)11-5-4-9(6-10(11)15)8-16-14-12(18(19)20)7-13(23-14)24(3,21)22/h4-7,16H,8H2,1-3H3. The molecule has 0 saturated heterocycles. The molecule has 2 rings (SSSR count). The third-order valence-electron chi connectivity index (χ3n) is 3.20. The zero-order valence-electron chi connectivity index (χ0n) is 13.2. The lowest BCUT2D eigenvalue weighted by molar-refractivity contribution is -0.383. The monoisotopic (exact) mass is 373 g/mol. The van der Waals surface area contributed by atoms with Gasteiger partial charge in [-0.15, -0.1) is 0 Å². The third kappa shape index (κ3) is 4.01. The number of sulfone groups is 1. The van der Waals surface area contributed by atoms with Gasteiger partial charge in [0.1, 0.15) is 10.0 Å².